The number of nitrogens with one attached hydrogen (secondary N) is 1. The second-order valence-corrected chi connectivity index (χ2v) is 3.82. The van der Waals surface area contributed by atoms with Gasteiger partial charge in [0, 0.05) is 18.8 Å². The SMILES string of the molecule is Cc1ccc(F)cc1NC(=O)N(CCO)CCO. The highest BCUT2D eigenvalue weighted by Crippen LogP contribution is 2.16. The van der Waals surface area contributed by atoms with Crippen LogP contribution in [0, 0.1) is 12.7 Å². The van der Waals surface area contributed by atoms with Crippen LogP contribution in [0.15, 0.2) is 18.2 Å². The summed E-state index contributed by atoms with van der Waals surface area (Å²) in [6, 6.07) is 3.62. The summed E-state index contributed by atoms with van der Waals surface area (Å²) in [5.41, 5.74) is 1.11. The number of aliphatic hydroxyl groups is 2. The van der Waals surface area contributed by atoms with E-state index in [0.29, 0.717) is 5.69 Å². The highest BCUT2D eigenvalue weighted by molar-refractivity contribution is 5.90. The lowest BCUT2D eigenvalue weighted by atomic mass is 10.2. The zero-order chi connectivity index (χ0) is 13.5. The summed E-state index contributed by atoms with van der Waals surface area (Å²) in [5.74, 6) is -0.438. The van der Waals surface area contributed by atoms with Crippen LogP contribution in [-0.4, -0.2) is 47.4 Å². The normalized spacial score (nSPS) is 10.2. The molecule has 0 aliphatic carbocycles. The van der Waals surface area contributed by atoms with Crippen LogP contribution in [0.4, 0.5) is 14.9 Å². The predicted molar refractivity (Wildman–Crippen MR) is 65.9 cm³/mol. The molecule has 100 valence electrons. The molecule has 0 unspecified atom stereocenters. The summed E-state index contributed by atoms with van der Waals surface area (Å²) in [7, 11) is 0. The summed E-state index contributed by atoms with van der Waals surface area (Å²) >= 11 is 0. The molecule has 0 spiro atoms. The van der Waals surface area contributed by atoms with Gasteiger partial charge in [0.25, 0.3) is 0 Å². The van der Waals surface area contributed by atoms with E-state index < -0.39 is 11.8 Å². The summed E-state index contributed by atoms with van der Waals surface area (Å²) in [4.78, 5) is 13.1. The van der Waals surface area contributed by atoms with Gasteiger partial charge in [-0.3, -0.25) is 0 Å². The molecule has 0 radical (unpaired) electrons. The van der Waals surface area contributed by atoms with Crippen LogP contribution in [0.3, 0.4) is 0 Å². The summed E-state index contributed by atoms with van der Waals surface area (Å²) in [6.07, 6.45) is 0. The number of anilines is 1. The lowest BCUT2D eigenvalue weighted by Gasteiger charge is -2.21. The largest absolute Gasteiger partial charge is 0.395 e. The highest BCUT2D eigenvalue weighted by Gasteiger charge is 2.13. The van der Waals surface area contributed by atoms with Gasteiger partial charge in [-0.25, -0.2) is 9.18 Å². The van der Waals surface area contributed by atoms with Crippen LogP contribution < -0.4 is 5.32 Å². The fourth-order valence-electron chi connectivity index (χ4n) is 1.48. The molecular weight excluding hydrogens is 239 g/mol. The van der Waals surface area contributed by atoms with Gasteiger partial charge in [0.2, 0.25) is 0 Å². The van der Waals surface area contributed by atoms with Gasteiger partial charge in [-0.1, -0.05) is 6.07 Å². The monoisotopic (exact) mass is 256 g/mol. The van der Waals surface area contributed by atoms with Crippen LogP contribution in [-0.2, 0) is 0 Å². The Morgan fingerprint density at radius 2 is 1.94 bits per heavy atom. The predicted octanol–water partition coefficient (Wildman–Crippen LogP) is 0.953. The maximum atomic E-state index is 13.0. The number of halogens is 1. The summed E-state index contributed by atoms with van der Waals surface area (Å²) in [5, 5.41) is 20.2. The van der Waals surface area contributed by atoms with E-state index in [-0.39, 0.29) is 26.3 Å². The van der Waals surface area contributed by atoms with Crippen LogP contribution in [0.25, 0.3) is 0 Å². The number of nitrogens with zero attached hydrogens (tertiary/aromatic N) is 1. The van der Waals surface area contributed by atoms with Crippen molar-refractivity contribution in [1.82, 2.24) is 4.90 Å². The van der Waals surface area contributed by atoms with Gasteiger partial charge >= 0.3 is 6.03 Å². The molecule has 0 atom stereocenters. The van der Waals surface area contributed by atoms with Gasteiger partial charge in [0.05, 0.1) is 13.2 Å². The van der Waals surface area contributed by atoms with E-state index in [2.05, 4.69) is 5.32 Å². The third-order valence-electron chi connectivity index (χ3n) is 2.47. The number of rotatable bonds is 5. The summed E-state index contributed by atoms with van der Waals surface area (Å²) < 4.78 is 13.0. The standard InChI is InChI=1S/C12H17FN2O3/c1-9-2-3-10(13)8-11(9)14-12(18)15(4-6-16)5-7-17/h2-3,8,16-17H,4-7H2,1H3,(H,14,18). The number of hydrogen-bond donors (Lipinski definition) is 3. The Balaban J connectivity index is 2.75. The molecule has 6 heteroatoms. The molecule has 0 fully saturated rings. The van der Waals surface area contributed by atoms with E-state index in [4.69, 9.17) is 10.2 Å². The fraction of sp³-hybridized carbons (Fsp3) is 0.417. The topological polar surface area (TPSA) is 72.8 Å². The molecule has 1 aromatic rings. The van der Waals surface area contributed by atoms with E-state index in [1.54, 1.807) is 13.0 Å². The first-order valence-electron chi connectivity index (χ1n) is 5.62. The zero-order valence-corrected chi connectivity index (χ0v) is 10.2. The van der Waals surface area contributed by atoms with Crippen molar-refractivity contribution in [3.8, 4) is 0 Å². The molecule has 1 aromatic carbocycles. The highest BCUT2D eigenvalue weighted by atomic mass is 19.1. The van der Waals surface area contributed by atoms with Crippen molar-refractivity contribution in [3.05, 3.63) is 29.6 Å². The molecule has 2 amide bonds. The third kappa shape index (κ3) is 3.97. The van der Waals surface area contributed by atoms with Gasteiger partial charge in [0.15, 0.2) is 0 Å². The Morgan fingerprint density at radius 3 is 2.50 bits per heavy atom. The fourth-order valence-corrected chi connectivity index (χ4v) is 1.48. The minimum atomic E-state index is -0.480. The van der Waals surface area contributed by atoms with Gasteiger partial charge in [-0.2, -0.15) is 0 Å². The second-order valence-electron chi connectivity index (χ2n) is 3.82. The Bertz CT molecular complexity index is 406. The molecule has 0 aliphatic heterocycles. The second kappa shape index (κ2) is 6.93. The molecule has 1 rings (SSSR count). The van der Waals surface area contributed by atoms with E-state index >= 15 is 0 Å². The first-order chi connectivity index (χ1) is 8.58. The Morgan fingerprint density at radius 1 is 1.33 bits per heavy atom. The van der Waals surface area contributed by atoms with Crippen molar-refractivity contribution < 1.29 is 19.4 Å². The smallest absolute Gasteiger partial charge is 0.322 e. The molecule has 0 aromatic heterocycles. The van der Waals surface area contributed by atoms with Crippen molar-refractivity contribution in [3.63, 3.8) is 0 Å². The van der Waals surface area contributed by atoms with Crippen LogP contribution >= 0.6 is 0 Å². The van der Waals surface area contributed by atoms with Crippen molar-refractivity contribution >= 4 is 11.7 Å². The number of aliphatic hydroxyl groups excluding tert-OH is 2. The molecular formula is C12H17FN2O3. The van der Waals surface area contributed by atoms with Gasteiger partial charge in [-0.05, 0) is 24.6 Å². The zero-order valence-electron chi connectivity index (χ0n) is 10.2. The van der Waals surface area contributed by atoms with Crippen molar-refractivity contribution in [1.29, 1.82) is 0 Å². The number of urea groups is 1. The third-order valence-corrected chi connectivity index (χ3v) is 2.47. The molecule has 0 saturated heterocycles. The Kier molecular flexibility index (Phi) is 5.54. The van der Waals surface area contributed by atoms with Crippen molar-refractivity contribution in [2.24, 2.45) is 0 Å². The number of aryl methyl sites for hydroxylation is 1. The first kappa shape index (κ1) is 14.4. The molecule has 0 aliphatic rings. The van der Waals surface area contributed by atoms with Gasteiger partial charge < -0.3 is 20.4 Å². The van der Waals surface area contributed by atoms with Crippen molar-refractivity contribution in [2.45, 2.75) is 6.92 Å². The van der Waals surface area contributed by atoms with Gasteiger partial charge in [-0.15, -0.1) is 0 Å². The van der Waals surface area contributed by atoms with Crippen LogP contribution in [0.1, 0.15) is 5.56 Å². The minimum absolute atomic E-state index is 0.112. The molecule has 5 nitrogen and oxygen atoms in total. The van der Waals surface area contributed by atoms with Crippen molar-refractivity contribution in [2.75, 3.05) is 31.6 Å². The lowest BCUT2D eigenvalue weighted by molar-refractivity contribution is 0.167. The minimum Gasteiger partial charge on any atom is -0.395 e. The average Bonchev–Trinajstić information content (AvgIpc) is 2.33. The van der Waals surface area contributed by atoms with E-state index in [9.17, 15) is 9.18 Å². The van der Waals surface area contributed by atoms with Crippen LogP contribution in [0.2, 0.25) is 0 Å². The van der Waals surface area contributed by atoms with Gasteiger partial charge in [0.1, 0.15) is 5.82 Å². The molecule has 3 N–H and O–H groups in total. The number of hydrogen-bond acceptors (Lipinski definition) is 3. The Labute approximate surface area is 105 Å². The molecule has 18 heavy (non-hydrogen) atoms. The summed E-state index contributed by atoms with van der Waals surface area (Å²) in [6.45, 7) is 1.57. The first-order valence-corrected chi connectivity index (χ1v) is 5.62. The number of benzene rings is 1. The number of carbonyl (C=O) groups excluding carboxylic acids is 1. The molecule has 0 heterocycles. The molecule has 0 saturated carbocycles. The van der Waals surface area contributed by atoms with E-state index in [1.165, 1.54) is 17.0 Å². The van der Waals surface area contributed by atoms with Crippen LogP contribution in [0.5, 0.6) is 0 Å². The number of carbonyl (C=O) groups is 1. The quantitative estimate of drug-likeness (QED) is 0.734. The lowest BCUT2D eigenvalue weighted by Crippen LogP contribution is -2.39. The Hall–Kier alpha value is -1.66. The number of amides is 2. The maximum Gasteiger partial charge on any atom is 0.322 e. The van der Waals surface area contributed by atoms with E-state index in [1.807, 2.05) is 0 Å². The average molecular weight is 256 g/mol. The maximum absolute atomic E-state index is 13.0. The molecule has 0 bridgehead atoms. The van der Waals surface area contributed by atoms with E-state index in [0.717, 1.165) is 5.56 Å².